The van der Waals surface area contributed by atoms with Gasteiger partial charge in [0, 0.05) is 5.02 Å². The molecule has 2 rings (SSSR count). The van der Waals surface area contributed by atoms with Gasteiger partial charge < -0.3 is 0 Å². The Morgan fingerprint density at radius 2 is 1.67 bits per heavy atom. The van der Waals surface area contributed by atoms with Crippen molar-refractivity contribution in [3.05, 3.63) is 82.1 Å². The zero-order valence-corrected chi connectivity index (χ0v) is 12.6. The van der Waals surface area contributed by atoms with Crippen molar-refractivity contribution in [3.63, 3.8) is 0 Å². The van der Waals surface area contributed by atoms with Crippen LogP contribution in [0.4, 0.5) is 0 Å². The molecule has 0 spiro atoms. The van der Waals surface area contributed by atoms with Crippen LogP contribution in [-0.4, -0.2) is 8.42 Å². The summed E-state index contributed by atoms with van der Waals surface area (Å²) in [6.07, 6.45) is 1.91. The Kier molecular flexibility index (Phi) is 5.09. The first-order valence-electron chi connectivity index (χ1n) is 6.25. The molecular formula is C15H13ClNO3S. The average molecular weight is 323 g/mol. The molecule has 0 aliphatic carbocycles. The van der Waals surface area contributed by atoms with Gasteiger partial charge in [0.15, 0.2) is 0 Å². The number of benzene rings is 2. The average Bonchev–Trinajstić information content (AvgIpc) is 2.50. The van der Waals surface area contributed by atoms with Crippen molar-refractivity contribution in [3.8, 4) is 0 Å². The van der Waals surface area contributed by atoms with Gasteiger partial charge in [-0.1, -0.05) is 54.1 Å². The minimum Gasteiger partial charge on any atom is -0.201 e. The third kappa shape index (κ3) is 4.12. The summed E-state index contributed by atoms with van der Waals surface area (Å²) in [5.41, 5.74) is 1.38. The molecular weight excluding hydrogens is 310 g/mol. The van der Waals surface area contributed by atoms with Gasteiger partial charge in [-0.15, -0.1) is 4.91 Å². The monoisotopic (exact) mass is 322 g/mol. The second-order valence-electron chi connectivity index (χ2n) is 4.48. The van der Waals surface area contributed by atoms with Crippen molar-refractivity contribution in [2.75, 3.05) is 0 Å². The number of nitroso groups, excluding NO2 is 1. The lowest BCUT2D eigenvalue weighted by atomic mass is 10.0. The van der Waals surface area contributed by atoms with Crippen molar-refractivity contribution in [2.45, 2.75) is 11.7 Å². The van der Waals surface area contributed by atoms with Crippen LogP contribution in [0.3, 0.4) is 0 Å². The van der Waals surface area contributed by atoms with Crippen LogP contribution in [0.5, 0.6) is 0 Å². The molecule has 0 aromatic heterocycles. The molecule has 0 saturated carbocycles. The van der Waals surface area contributed by atoms with E-state index in [1.165, 1.54) is 0 Å². The van der Waals surface area contributed by atoms with E-state index < -0.39 is 15.3 Å². The molecule has 0 amide bonds. The van der Waals surface area contributed by atoms with E-state index in [0.29, 0.717) is 10.6 Å². The van der Waals surface area contributed by atoms with Crippen molar-refractivity contribution in [1.82, 2.24) is 0 Å². The summed E-state index contributed by atoms with van der Waals surface area (Å²) in [5, 5.41) is -0.374. The second-order valence-corrected chi connectivity index (χ2v) is 6.66. The van der Waals surface area contributed by atoms with Gasteiger partial charge in [-0.2, -0.15) is 0 Å². The standard InChI is InChI=1S/C15H13ClNO3S/c16-14-9-6-12(7-10-14)8-11-15(21(19,20)17-18)13-4-2-1-3-5-13/h1-10,15H,11H2. The van der Waals surface area contributed by atoms with E-state index in [-0.39, 0.29) is 6.42 Å². The largest absolute Gasteiger partial charge is 0.295 e. The van der Waals surface area contributed by atoms with Crippen LogP contribution in [0.2, 0.25) is 5.02 Å². The molecule has 1 atom stereocenters. The zero-order valence-electron chi connectivity index (χ0n) is 11.0. The first-order chi connectivity index (χ1) is 10.0. The van der Waals surface area contributed by atoms with Gasteiger partial charge in [-0.25, -0.2) is 8.42 Å². The topological polar surface area (TPSA) is 63.6 Å². The normalized spacial score (nSPS) is 12.8. The van der Waals surface area contributed by atoms with Crippen molar-refractivity contribution < 1.29 is 8.42 Å². The molecule has 0 saturated heterocycles. The lowest BCUT2D eigenvalue weighted by Crippen LogP contribution is -2.11. The molecule has 109 valence electrons. The molecule has 2 aromatic carbocycles. The smallest absolute Gasteiger partial charge is 0.201 e. The van der Waals surface area contributed by atoms with Gasteiger partial charge >= 0.3 is 0 Å². The van der Waals surface area contributed by atoms with Gasteiger partial charge in [-0.05, 0) is 36.1 Å². The van der Waals surface area contributed by atoms with Crippen LogP contribution in [0.15, 0.2) is 59.2 Å². The molecule has 0 aliphatic heterocycles. The maximum Gasteiger partial charge on any atom is 0.295 e. The first-order valence-corrected chi connectivity index (χ1v) is 8.13. The SMILES string of the molecule is O=NS(=O)(=O)C(C[CH]c1ccc(Cl)cc1)c1ccccc1. The molecule has 0 fully saturated rings. The minimum absolute atomic E-state index is 0.166. The number of hydrogen-bond donors (Lipinski definition) is 0. The third-order valence-corrected chi connectivity index (χ3v) is 4.72. The highest BCUT2D eigenvalue weighted by Crippen LogP contribution is 2.29. The van der Waals surface area contributed by atoms with E-state index in [2.05, 4.69) is 4.58 Å². The Bertz CT molecular complexity index is 699. The van der Waals surface area contributed by atoms with Crippen molar-refractivity contribution >= 4 is 21.6 Å². The number of hydrogen-bond acceptors (Lipinski definition) is 3. The van der Waals surface area contributed by atoms with Crippen molar-refractivity contribution in [2.24, 2.45) is 4.58 Å². The highest BCUT2D eigenvalue weighted by molar-refractivity contribution is 7.90. The first kappa shape index (κ1) is 15.7. The number of nitrogens with zero attached hydrogens (tertiary/aromatic N) is 1. The number of sulfonamides is 1. The van der Waals surface area contributed by atoms with Gasteiger partial charge in [0.05, 0.1) is 4.58 Å². The summed E-state index contributed by atoms with van der Waals surface area (Å²) in [6, 6.07) is 15.6. The number of halogens is 1. The highest BCUT2D eigenvalue weighted by Gasteiger charge is 2.27. The number of rotatable bonds is 6. The van der Waals surface area contributed by atoms with E-state index >= 15 is 0 Å². The summed E-state index contributed by atoms with van der Waals surface area (Å²) >= 11 is 5.80. The van der Waals surface area contributed by atoms with E-state index in [1.807, 2.05) is 0 Å². The van der Waals surface area contributed by atoms with Gasteiger partial charge in [0.2, 0.25) is 0 Å². The summed E-state index contributed by atoms with van der Waals surface area (Å²) in [7, 11) is -4.08. The molecule has 4 nitrogen and oxygen atoms in total. The fraction of sp³-hybridized carbons (Fsp3) is 0.133. The minimum atomic E-state index is -4.08. The molecule has 1 unspecified atom stereocenters. The summed E-state index contributed by atoms with van der Waals surface area (Å²) < 4.78 is 26.0. The molecule has 0 bridgehead atoms. The van der Waals surface area contributed by atoms with Crippen LogP contribution in [-0.2, 0) is 10.0 Å². The quantitative estimate of drug-likeness (QED) is 0.751. The van der Waals surface area contributed by atoms with E-state index in [1.54, 1.807) is 61.0 Å². The predicted molar refractivity (Wildman–Crippen MR) is 83.4 cm³/mol. The molecule has 1 radical (unpaired) electrons. The van der Waals surface area contributed by atoms with Crippen LogP contribution in [0.1, 0.15) is 22.8 Å². The third-order valence-electron chi connectivity index (χ3n) is 3.07. The molecule has 0 aliphatic rings. The van der Waals surface area contributed by atoms with E-state index in [9.17, 15) is 13.3 Å². The van der Waals surface area contributed by atoms with Crippen LogP contribution >= 0.6 is 11.6 Å². The van der Waals surface area contributed by atoms with Crippen LogP contribution in [0.25, 0.3) is 0 Å². The van der Waals surface area contributed by atoms with Crippen LogP contribution in [0, 0.1) is 11.3 Å². The summed E-state index contributed by atoms with van der Waals surface area (Å²) in [5.74, 6) is 0. The molecule has 6 heteroatoms. The Morgan fingerprint density at radius 3 is 2.24 bits per heavy atom. The lowest BCUT2D eigenvalue weighted by Gasteiger charge is -2.13. The lowest BCUT2D eigenvalue weighted by molar-refractivity contribution is 0.582. The molecule has 0 heterocycles. The molecule has 0 N–H and O–H groups in total. The highest BCUT2D eigenvalue weighted by atomic mass is 35.5. The summed E-state index contributed by atoms with van der Waals surface area (Å²) in [4.78, 5) is 10.6. The van der Waals surface area contributed by atoms with Gasteiger partial charge in [0.25, 0.3) is 10.0 Å². The predicted octanol–water partition coefficient (Wildman–Crippen LogP) is 4.12. The maximum absolute atomic E-state index is 11.9. The Labute approximate surface area is 128 Å². The fourth-order valence-corrected chi connectivity index (χ4v) is 3.06. The summed E-state index contributed by atoms with van der Waals surface area (Å²) in [6.45, 7) is 0. The van der Waals surface area contributed by atoms with Crippen molar-refractivity contribution in [1.29, 1.82) is 0 Å². The maximum atomic E-state index is 11.9. The Morgan fingerprint density at radius 1 is 1.05 bits per heavy atom. The van der Waals surface area contributed by atoms with Crippen LogP contribution < -0.4 is 0 Å². The molecule has 2 aromatic rings. The second kappa shape index (κ2) is 6.83. The fourth-order valence-electron chi connectivity index (χ4n) is 1.99. The van der Waals surface area contributed by atoms with E-state index in [4.69, 9.17) is 11.6 Å². The van der Waals surface area contributed by atoms with Gasteiger partial charge in [0.1, 0.15) is 5.25 Å². The molecule has 21 heavy (non-hydrogen) atoms. The Balaban J connectivity index is 2.21. The Hall–Kier alpha value is -1.72. The van der Waals surface area contributed by atoms with Gasteiger partial charge in [-0.3, -0.25) is 0 Å². The van der Waals surface area contributed by atoms with E-state index in [0.717, 1.165) is 5.56 Å². The zero-order chi connectivity index (χ0) is 15.3.